The molecule has 0 aliphatic heterocycles. The molecule has 0 unspecified atom stereocenters. The van der Waals surface area contributed by atoms with Gasteiger partial charge in [0.25, 0.3) is 0 Å². The Balaban J connectivity index is 3.16. The molecule has 0 bridgehead atoms. The highest BCUT2D eigenvalue weighted by Gasteiger charge is 2.28. The molecule has 0 saturated carbocycles. The third kappa shape index (κ3) is 8.11. The standard InChI is InChI=1S/C22H34N4O5S/c1-8-11-14-26-17(18(27)30-10-3)16(19(28)32-7)24-20(26)23-12-15-25(13-9-2)21(29)31-22(4,5)6/h9-10,12-15H2,1-7H3,(H,23,24). The van der Waals surface area contributed by atoms with Crippen LogP contribution in [-0.4, -0.2) is 69.7 Å². The fourth-order valence-electron chi connectivity index (χ4n) is 2.74. The van der Waals surface area contributed by atoms with Gasteiger partial charge >= 0.3 is 12.1 Å². The number of carbonyl (C=O) groups excluding carboxylic acids is 3. The lowest BCUT2D eigenvalue weighted by atomic mass is 10.2. The number of aromatic nitrogens is 2. The Bertz CT molecular complexity index is 864. The Morgan fingerprint density at radius 3 is 2.44 bits per heavy atom. The maximum atomic E-state index is 12.6. The Labute approximate surface area is 194 Å². The molecular weight excluding hydrogens is 432 g/mol. The summed E-state index contributed by atoms with van der Waals surface area (Å²) in [4.78, 5) is 43.4. The summed E-state index contributed by atoms with van der Waals surface area (Å²) in [6, 6.07) is 0. The van der Waals surface area contributed by atoms with E-state index in [1.807, 2.05) is 27.7 Å². The zero-order valence-electron chi connectivity index (χ0n) is 20.0. The summed E-state index contributed by atoms with van der Waals surface area (Å²) in [5.41, 5.74) is -0.504. The van der Waals surface area contributed by atoms with Crippen LogP contribution >= 0.6 is 11.8 Å². The van der Waals surface area contributed by atoms with Crippen molar-refractivity contribution in [3.8, 4) is 11.8 Å². The van der Waals surface area contributed by atoms with Gasteiger partial charge in [-0.15, -0.1) is 5.92 Å². The van der Waals surface area contributed by atoms with Crippen LogP contribution in [0.3, 0.4) is 0 Å². The van der Waals surface area contributed by atoms with E-state index in [1.165, 1.54) is 4.57 Å². The van der Waals surface area contributed by atoms with Crippen molar-refractivity contribution in [2.24, 2.45) is 0 Å². The molecule has 0 aliphatic rings. The SMILES string of the molecule is CC#CCn1c(NCCN(CCC)C(=O)OC(C)(C)C)nc(C(=O)SC)c1C(=O)OCC. The topological polar surface area (TPSA) is 103 Å². The van der Waals surface area contributed by atoms with Gasteiger partial charge in [-0.3, -0.25) is 9.36 Å². The van der Waals surface area contributed by atoms with E-state index in [4.69, 9.17) is 9.47 Å². The largest absolute Gasteiger partial charge is 0.461 e. The molecule has 10 heteroatoms. The smallest absolute Gasteiger partial charge is 0.410 e. The summed E-state index contributed by atoms with van der Waals surface area (Å²) in [5.74, 6) is 5.36. The van der Waals surface area contributed by atoms with Gasteiger partial charge in [-0.05, 0) is 47.3 Å². The molecule has 1 aromatic rings. The van der Waals surface area contributed by atoms with Crippen molar-refractivity contribution in [3.05, 3.63) is 11.4 Å². The van der Waals surface area contributed by atoms with Crippen LogP contribution in [0.15, 0.2) is 0 Å². The molecule has 32 heavy (non-hydrogen) atoms. The van der Waals surface area contributed by atoms with E-state index in [9.17, 15) is 14.4 Å². The average molecular weight is 467 g/mol. The van der Waals surface area contributed by atoms with Crippen LogP contribution in [0.2, 0.25) is 0 Å². The van der Waals surface area contributed by atoms with Gasteiger partial charge in [-0.1, -0.05) is 24.6 Å². The van der Waals surface area contributed by atoms with Crippen molar-refractivity contribution in [1.82, 2.24) is 14.5 Å². The minimum absolute atomic E-state index is 0.0221. The van der Waals surface area contributed by atoms with Crippen LogP contribution < -0.4 is 5.32 Å². The number of hydrogen-bond acceptors (Lipinski definition) is 8. The fraction of sp³-hybridized carbons (Fsp3) is 0.636. The predicted octanol–water partition coefficient (Wildman–Crippen LogP) is 3.65. The lowest BCUT2D eigenvalue weighted by molar-refractivity contribution is 0.0257. The van der Waals surface area contributed by atoms with E-state index in [0.717, 1.165) is 18.2 Å². The molecular formula is C22H34N4O5S. The van der Waals surface area contributed by atoms with Crippen LogP contribution in [0.4, 0.5) is 10.7 Å². The molecule has 178 valence electrons. The van der Waals surface area contributed by atoms with Gasteiger partial charge in [0.2, 0.25) is 11.1 Å². The monoisotopic (exact) mass is 466 g/mol. The number of nitrogens with one attached hydrogen (secondary N) is 1. The Kier molecular flexibility index (Phi) is 11.1. The molecule has 1 heterocycles. The van der Waals surface area contributed by atoms with E-state index < -0.39 is 17.7 Å². The first-order chi connectivity index (χ1) is 15.1. The highest BCUT2D eigenvalue weighted by molar-refractivity contribution is 8.13. The van der Waals surface area contributed by atoms with Crippen molar-refractivity contribution in [1.29, 1.82) is 0 Å². The Morgan fingerprint density at radius 2 is 1.91 bits per heavy atom. The minimum atomic E-state index is -0.635. The zero-order chi connectivity index (χ0) is 24.3. The van der Waals surface area contributed by atoms with Crippen molar-refractivity contribution in [2.75, 3.05) is 37.8 Å². The lowest BCUT2D eigenvalue weighted by Gasteiger charge is -2.27. The summed E-state index contributed by atoms with van der Waals surface area (Å²) in [6.07, 6.45) is 2.00. The van der Waals surface area contributed by atoms with E-state index in [0.29, 0.717) is 25.6 Å². The first-order valence-electron chi connectivity index (χ1n) is 10.6. The van der Waals surface area contributed by atoms with Crippen molar-refractivity contribution < 1.29 is 23.9 Å². The van der Waals surface area contributed by atoms with Gasteiger partial charge in [0.05, 0.1) is 13.2 Å². The van der Waals surface area contributed by atoms with Gasteiger partial charge in [-0.25, -0.2) is 14.6 Å². The maximum Gasteiger partial charge on any atom is 0.410 e. The fourth-order valence-corrected chi connectivity index (χ4v) is 3.07. The number of thioether (sulfide) groups is 1. The lowest BCUT2D eigenvalue weighted by Crippen LogP contribution is -2.39. The predicted molar refractivity (Wildman–Crippen MR) is 126 cm³/mol. The van der Waals surface area contributed by atoms with Crippen LogP contribution in [0.1, 0.15) is 68.9 Å². The molecule has 0 saturated heterocycles. The molecule has 0 aliphatic carbocycles. The first kappa shape index (κ1) is 27.4. The summed E-state index contributed by atoms with van der Waals surface area (Å²) in [6.45, 7) is 12.4. The van der Waals surface area contributed by atoms with Crippen LogP contribution in [0.25, 0.3) is 0 Å². The number of anilines is 1. The highest BCUT2D eigenvalue weighted by atomic mass is 32.2. The minimum Gasteiger partial charge on any atom is -0.461 e. The quantitative estimate of drug-likeness (QED) is 0.412. The molecule has 1 amide bonds. The first-order valence-corrected chi connectivity index (χ1v) is 11.8. The van der Waals surface area contributed by atoms with Crippen LogP contribution in [0, 0.1) is 11.8 Å². The van der Waals surface area contributed by atoms with Gasteiger partial charge < -0.3 is 19.7 Å². The summed E-state index contributed by atoms with van der Waals surface area (Å²) in [5, 5.41) is 2.78. The van der Waals surface area contributed by atoms with E-state index in [1.54, 1.807) is 25.0 Å². The van der Waals surface area contributed by atoms with Gasteiger partial charge in [-0.2, -0.15) is 0 Å². The highest BCUT2D eigenvalue weighted by Crippen LogP contribution is 2.21. The number of hydrogen-bond donors (Lipinski definition) is 1. The van der Waals surface area contributed by atoms with E-state index in [-0.39, 0.29) is 29.7 Å². The van der Waals surface area contributed by atoms with Crippen LogP contribution in [-0.2, 0) is 16.0 Å². The third-order valence-corrected chi connectivity index (χ3v) is 4.60. The molecule has 0 radical (unpaired) electrons. The van der Waals surface area contributed by atoms with Crippen molar-refractivity contribution >= 4 is 34.9 Å². The number of amides is 1. The number of esters is 1. The number of rotatable bonds is 10. The number of ether oxygens (including phenoxy) is 2. The Morgan fingerprint density at radius 1 is 1.22 bits per heavy atom. The molecule has 0 atom stereocenters. The second-order valence-electron chi connectivity index (χ2n) is 7.75. The molecule has 1 aromatic heterocycles. The normalized spacial score (nSPS) is 10.7. The summed E-state index contributed by atoms with van der Waals surface area (Å²) in [7, 11) is 0. The molecule has 0 spiro atoms. The number of imidazole rings is 1. The number of carbonyl (C=O) groups is 3. The maximum absolute atomic E-state index is 12.6. The zero-order valence-corrected chi connectivity index (χ0v) is 20.9. The van der Waals surface area contributed by atoms with Gasteiger partial charge in [0, 0.05) is 19.6 Å². The third-order valence-electron chi connectivity index (χ3n) is 4.04. The number of nitrogens with zero attached hydrogens (tertiary/aromatic N) is 3. The molecule has 1 rings (SSSR count). The second kappa shape index (κ2) is 13.0. The molecule has 1 N–H and O–H groups in total. The molecule has 9 nitrogen and oxygen atoms in total. The average Bonchev–Trinajstić information content (AvgIpc) is 3.08. The molecule has 0 fully saturated rings. The second-order valence-corrected chi connectivity index (χ2v) is 8.53. The van der Waals surface area contributed by atoms with Gasteiger partial charge in [0.15, 0.2) is 11.4 Å². The van der Waals surface area contributed by atoms with Crippen molar-refractivity contribution in [2.45, 2.75) is 60.1 Å². The van der Waals surface area contributed by atoms with Gasteiger partial charge in [0.1, 0.15) is 5.60 Å². The van der Waals surface area contributed by atoms with Crippen molar-refractivity contribution in [3.63, 3.8) is 0 Å². The molecule has 0 aromatic carbocycles. The van der Waals surface area contributed by atoms with E-state index in [2.05, 4.69) is 22.1 Å². The van der Waals surface area contributed by atoms with E-state index >= 15 is 0 Å². The Hall–Kier alpha value is -2.67. The summed E-state index contributed by atoms with van der Waals surface area (Å²) < 4.78 is 12.2. The van der Waals surface area contributed by atoms with Crippen LogP contribution in [0.5, 0.6) is 0 Å². The summed E-state index contributed by atoms with van der Waals surface area (Å²) >= 11 is 0.962.